The van der Waals surface area contributed by atoms with Crippen molar-refractivity contribution in [2.45, 2.75) is 6.42 Å². The van der Waals surface area contributed by atoms with E-state index in [-0.39, 0.29) is 16.8 Å². The first-order chi connectivity index (χ1) is 9.56. The van der Waals surface area contributed by atoms with E-state index in [9.17, 15) is 14.0 Å². The number of nitrogens with one attached hydrogen (secondary N) is 1. The smallest absolute Gasteiger partial charge is 0.246 e. The lowest BCUT2D eigenvalue weighted by atomic mass is 10.2. The Kier molecular flexibility index (Phi) is 4.74. The van der Waals surface area contributed by atoms with Crippen molar-refractivity contribution in [2.24, 2.45) is 0 Å². The number of hydrogen-bond donors (Lipinski definition) is 1. The molecule has 0 aromatic heterocycles. The Morgan fingerprint density at radius 2 is 2.20 bits per heavy atom. The summed E-state index contributed by atoms with van der Waals surface area (Å²) in [7, 11) is 0. The summed E-state index contributed by atoms with van der Waals surface area (Å²) >= 11 is 5.58. The maximum atomic E-state index is 13.2. The van der Waals surface area contributed by atoms with E-state index in [1.165, 1.54) is 24.3 Å². The molecule has 0 atom stereocenters. The van der Waals surface area contributed by atoms with Gasteiger partial charge in [-0.3, -0.25) is 9.59 Å². The van der Waals surface area contributed by atoms with Crippen LogP contribution in [0.25, 0.3) is 6.08 Å². The lowest BCUT2D eigenvalue weighted by Crippen LogP contribution is -2.32. The number of hydrogen-bond acceptors (Lipinski definition) is 2. The molecule has 20 heavy (non-hydrogen) atoms. The van der Waals surface area contributed by atoms with Crippen molar-refractivity contribution >= 4 is 29.5 Å². The Hall–Kier alpha value is -1.88. The molecule has 1 aromatic carbocycles. The van der Waals surface area contributed by atoms with Crippen molar-refractivity contribution in [2.75, 3.05) is 19.6 Å². The van der Waals surface area contributed by atoms with Gasteiger partial charge in [-0.1, -0.05) is 17.7 Å². The van der Waals surface area contributed by atoms with Crippen LogP contribution in [0.3, 0.4) is 0 Å². The largest absolute Gasteiger partial charge is 0.354 e. The molecule has 2 rings (SSSR count). The topological polar surface area (TPSA) is 49.4 Å². The van der Waals surface area contributed by atoms with Crippen molar-refractivity contribution < 1.29 is 14.0 Å². The number of carbonyl (C=O) groups excluding carboxylic acids is 2. The minimum atomic E-state index is -0.522. The highest BCUT2D eigenvalue weighted by Crippen LogP contribution is 2.16. The highest BCUT2D eigenvalue weighted by molar-refractivity contribution is 6.30. The molecule has 6 heteroatoms. The SMILES string of the molecule is O=C1CCN(C(=O)C=Cc2ccc(Cl)c(F)c2)CCN1. The predicted octanol–water partition coefficient (Wildman–Crippen LogP) is 1.84. The molecule has 0 aliphatic carbocycles. The minimum absolute atomic E-state index is 0.0468. The van der Waals surface area contributed by atoms with Crippen LogP contribution in [0.5, 0.6) is 0 Å². The van der Waals surface area contributed by atoms with Crippen molar-refractivity contribution in [3.63, 3.8) is 0 Å². The lowest BCUT2D eigenvalue weighted by molar-refractivity contribution is -0.125. The Balaban J connectivity index is 2.01. The molecule has 1 heterocycles. The highest BCUT2D eigenvalue weighted by Gasteiger charge is 2.16. The molecule has 4 nitrogen and oxygen atoms in total. The fraction of sp³-hybridized carbons (Fsp3) is 0.286. The summed E-state index contributed by atoms with van der Waals surface area (Å²) in [6.45, 7) is 1.32. The fourth-order valence-electron chi connectivity index (χ4n) is 1.88. The summed E-state index contributed by atoms with van der Waals surface area (Å²) in [6.07, 6.45) is 3.20. The van der Waals surface area contributed by atoms with E-state index in [1.54, 1.807) is 11.0 Å². The molecule has 0 radical (unpaired) electrons. The number of carbonyl (C=O) groups is 2. The Morgan fingerprint density at radius 3 is 2.95 bits per heavy atom. The second-order valence-corrected chi connectivity index (χ2v) is 4.84. The van der Waals surface area contributed by atoms with Crippen LogP contribution >= 0.6 is 11.6 Å². The van der Waals surface area contributed by atoms with Gasteiger partial charge in [-0.15, -0.1) is 0 Å². The van der Waals surface area contributed by atoms with Gasteiger partial charge in [-0.05, 0) is 23.8 Å². The molecular weight excluding hydrogens is 283 g/mol. The molecule has 1 N–H and O–H groups in total. The van der Waals surface area contributed by atoms with Crippen LogP contribution < -0.4 is 5.32 Å². The first-order valence-corrected chi connectivity index (χ1v) is 6.63. The zero-order valence-electron chi connectivity index (χ0n) is 10.7. The van der Waals surface area contributed by atoms with E-state index in [0.29, 0.717) is 31.6 Å². The third-order valence-electron chi connectivity index (χ3n) is 2.99. The molecule has 0 spiro atoms. The number of nitrogens with zero attached hydrogens (tertiary/aromatic N) is 1. The summed E-state index contributed by atoms with van der Waals surface area (Å²) in [6, 6.07) is 4.33. The quantitative estimate of drug-likeness (QED) is 0.847. The normalized spacial score (nSPS) is 16.1. The number of rotatable bonds is 2. The van der Waals surface area contributed by atoms with Gasteiger partial charge in [-0.25, -0.2) is 4.39 Å². The summed E-state index contributed by atoms with van der Waals surface area (Å²) < 4.78 is 13.2. The second kappa shape index (κ2) is 6.52. The van der Waals surface area contributed by atoms with Crippen molar-refractivity contribution in [3.05, 3.63) is 40.7 Å². The minimum Gasteiger partial charge on any atom is -0.354 e. The maximum absolute atomic E-state index is 13.2. The van der Waals surface area contributed by atoms with Crippen LogP contribution in [0, 0.1) is 5.82 Å². The molecule has 1 saturated heterocycles. The average Bonchev–Trinajstić information content (AvgIpc) is 2.64. The van der Waals surface area contributed by atoms with Gasteiger partial charge < -0.3 is 10.2 Å². The summed E-state index contributed by atoms with van der Waals surface area (Å²) in [4.78, 5) is 24.7. The van der Waals surface area contributed by atoms with Crippen LogP contribution in [0.15, 0.2) is 24.3 Å². The second-order valence-electron chi connectivity index (χ2n) is 4.43. The maximum Gasteiger partial charge on any atom is 0.246 e. The van der Waals surface area contributed by atoms with Gasteiger partial charge >= 0.3 is 0 Å². The van der Waals surface area contributed by atoms with E-state index in [0.717, 1.165) is 0 Å². The first-order valence-electron chi connectivity index (χ1n) is 6.25. The van der Waals surface area contributed by atoms with Crippen LogP contribution in [-0.2, 0) is 9.59 Å². The van der Waals surface area contributed by atoms with Crippen molar-refractivity contribution in [1.82, 2.24) is 10.2 Å². The Bertz CT molecular complexity index is 560. The van der Waals surface area contributed by atoms with Crippen molar-refractivity contribution in [1.29, 1.82) is 0 Å². The van der Waals surface area contributed by atoms with Crippen LogP contribution in [0.1, 0.15) is 12.0 Å². The van der Waals surface area contributed by atoms with E-state index in [2.05, 4.69) is 5.32 Å². The molecule has 0 saturated carbocycles. The lowest BCUT2D eigenvalue weighted by Gasteiger charge is -2.17. The number of halogens is 2. The summed E-state index contributed by atoms with van der Waals surface area (Å²) in [5.74, 6) is -0.772. The zero-order chi connectivity index (χ0) is 14.5. The third-order valence-corrected chi connectivity index (χ3v) is 3.29. The summed E-state index contributed by atoms with van der Waals surface area (Å²) in [5, 5.41) is 2.74. The fourth-order valence-corrected chi connectivity index (χ4v) is 1.99. The van der Waals surface area contributed by atoms with Crippen LogP contribution in [0.2, 0.25) is 5.02 Å². The number of amides is 2. The van der Waals surface area contributed by atoms with Gasteiger partial charge in [0.05, 0.1) is 5.02 Å². The Labute approximate surface area is 121 Å². The summed E-state index contributed by atoms with van der Waals surface area (Å²) in [5.41, 5.74) is 0.560. The molecule has 1 fully saturated rings. The van der Waals surface area contributed by atoms with Gasteiger partial charge in [0.25, 0.3) is 0 Å². The standard InChI is InChI=1S/C14H14ClFN2O2/c15-11-3-1-10(9-12(11)16)2-4-14(20)18-7-5-13(19)17-6-8-18/h1-4,9H,5-8H2,(H,17,19). The van der Waals surface area contributed by atoms with E-state index >= 15 is 0 Å². The molecule has 1 aromatic rings. The molecule has 0 unspecified atom stereocenters. The molecule has 2 amide bonds. The van der Waals surface area contributed by atoms with Gasteiger partial charge in [-0.2, -0.15) is 0 Å². The average molecular weight is 297 g/mol. The van der Waals surface area contributed by atoms with E-state index in [4.69, 9.17) is 11.6 Å². The Morgan fingerprint density at radius 1 is 1.40 bits per heavy atom. The first kappa shape index (κ1) is 14.5. The van der Waals surface area contributed by atoms with Gasteiger partial charge in [0.2, 0.25) is 11.8 Å². The van der Waals surface area contributed by atoms with Gasteiger partial charge in [0.1, 0.15) is 5.82 Å². The highest BCUT2D eigenvalue weighted by atomic mass is 35.5. The molecular formula is C14H14ClFN2O2. The zero-order valence-corrected chi connectivity index (χ0v) is 11.5. The van der Waals surface area contributed by atoms with E-state index < -0.39 is 5.82 Å². The third kappa shape index (κ3) is 3.81. The van der Waals surface area contributed by atoms with Gasteiger partial charge in [0.15, 0.2) is 0 Å². The predicted molar refractivity (Wildman–Crippen MR) is 74.7 cm³/mol. The molecule has 0 bridgehead atoms. The van der Waals surface area contributed by atoms with Crippen LogP contribution in [0.4, 0.5) is 4.39 Å². The molecule has 1 aliphatic rings. The van der Waals surface area contributed by atoms with Gasteiger partial charge in [0, 0.05) is 32.1 Å². The van der Waals surface area contributed by atoms with Crippen LogP contribution in [-0.4, -0.2) is 36.3 Å². The van der Waals surface area contributed by atoms with Crippen molar-refractivity contribution in [3.8, 4) is 0 Å². The monoisotopic (exact) mass is 296 g/mol. The number of benzene rings is 1. The van der Waals surface area contributed by atoms with E-state index in [1.807, 2.05) is 0 Å². The molecule has 106 valence electrons. The molecule has 1 aliphatic heterocycles.